The Kier molecular flexibility index (Phi) is 5.28. The molecule has 0 aliphatic carbocycles. The number of benzene rings is 1. The van der Waals surface area contributed by atoms with Gasteiger partial charge in [-0.2, -0.15) is 0 Å². The van der Waals surface area contributed by atoms with E-state index < -0.39 is 0 Å². The molecular formula is C25H33N5. The van der Waals surface area contributed by atoms with Crippen LogP contribution < -0.4 is 0 Å². The molecule has 158 valence electrons. The lowest BCUT2D eigenvalue weighted by Crippen LogP contribution is -2.54. The number of hydrogen-bond acceptors (Lipinski definition) is 3. The molecule has 4 saturated heterocycles. The summed E-state index contributed by atoms with van der Waals surface area (Å²) in [5, 5.41) is 0. The van der Waals surface area contributed by atoms with Crippen LogP contribution in [0.3, 0.4) is 0 Å². The van der Waals surface area contributed by atoms with Crippen LogP contribution in [0.1, 0.15) is 42.4 Å². The summed E-state index contributed by atoms with van der Waals surface area (Å²) in [6.45, 7) is 17.4. The fourth-order valence-electron chi connectivity index (χ4n) is 4.40. The van der Waals surface area contributed by atoms with E-state index in [9.17, 15) is 0 Å². The Balaban J connectivity index is 1.53. The molecule has 0 unspecified atom stereocenters. The van der Waals surface area contributed by atoms with Crippen molar-refractivity contribution in [1.82, 2.24) is 19.6 Å². The molecule has 4 fully saturated rings. The van der Waals surface area contributed by atoms with Gasteiger partial charge in [0.2, 0.25) is 5.96 Å². The molecule has 1 aromatic rings. The normalized spacial score (nSPS) is 19.7. The number of aliphatic imine (C=N–C) groups is 1. The molecule has 5 heteroatoms. The summed E-state index contributed by atoms with van der Waals surface area (Å²) in [7, 11) is 0. The van der Waals surface area contributed by atoms with Crippen LogP contribution in [-0.2, 0) is 0 Å². The van der Waals surface area contributed by atoms with Crippen molar-refractivity contribution >= 4 is 29.9 Å². The van der Waals surface area contributed by atoms with Gasteiger partial charge in [-0.15, -0.1) is 0 Å². The van der Waals surface area contributed by atoms with E-state index in [4.69, 9.17) is 4.99 Å². The lowest BCUT2D eigenvalue weighted by atomic mass is 9.98. The Morgan fingerprint density at radius 2 is 1.20 bits per heavy atom. The van der Waals surface area contributed by atoms with E-state index in [1.54, 1.807) is 0 Å². The molecule has 0 radical (unpaired) electrons. The number of nitrogens with zero attached hydrogens (tertiary/aromatic N) is 5. The first-order valence-corrected chi connectivity index (χ1v) is 11.5. The Hall–Kier alpha value is -2.69. The van der Waals surface area contributed by atoms with Crippen LogP contribution in [0.2, 0.25) is 0 Å². The molecule has 4 aliphatic heterocycles. The minimum absolute atomic E-state index is 1.00. The second kappa shape index (κ2) is 8.21. The highest BCUT2D eigenvalue weighted by molar-refractivity contribution is 5.88. The van der Waals surface area contributed by atoms with Crippen molar-refractivity contribution in [3.8, 4) is 0 Å². The van der Waals surface area contributed by atoms with E-state index in [1.807, 2.05) is 12.2 Å². The lowest BCUT2D eigenvalue weighted by Gasteiger charge is -2.45. The van der Waals surface area contributed by atoms with Crippen LogP contribution >= 0.6 is 0 Å². The zero-order valence-corrected chi connectivity index (χ0v) is 18.0. The largest absolute Gasteiger partial charge is 0.358 e. The molecule has 1 aromatic carbocycles. The molecule has 4 heterocycles. The molecule has 0 aromatic heterocycles. The third kappa shape index (κ3) is 3.40. The quantitative estimate of drug-likeness (QED) is 0.528. The van der Waals surface area contributed by atoms with E-state index in [1.165, 1.54) is 37.1 Å². The SMILES string of the molecule is C=Cc1c(C=C(N2CCC2)N2CCC2)ccc(N=C(N2CCC2)N2CCC2)c1C=C. The van der Waals surface area contributed by atoms with Gasteiger partial charge in [-0.05, 0) is 49.0 Å². The van der Waals surface area contributed by atoms with Crippen molar-refractivity contribution in [2.75, 3.05) is 52.4 Å². The number of guanidine groups is 1. The molecule has 0 atom stereocenters. The number of hydrogen-bond donors (Lipinski definition) is 0. The summed E-state index contributed by atoms with van der Waals surface area (Å²) in [4.78, 5) is 14.9. The van der Waals surface area contributed by atoms with Crippen molar-refractivity contribution in [2.24, 2.45) is 4.99 Å². The van der Waals surface area contributed by atoms with E-state index in [0.29, 0.717) is 0 Å². The Morgan fingerprint density at radius 3 is 1.60 bits per heavy atom. The first-order chi connectivity index (χ1) is 14.8. The van der Waals surface area contributed by atoms with Gasteiger partial charge >= 0.3 is 0 Å². The second-order valence-electron chi connectivity index (χ2n) is 8.69. The first kappa shape index (κ1) is 19.3. The van der Waals surface area contributed by atoms with E-state index in [2.05, 4.69) is 51.0 Å². The minimum atomic E-state index is 1.00. The zero-order chi connectivity index (χ0) is 20.5. The molecule has 5 rings (SSSR count). The fraction of sp³-hybridized carbons (Fsp3) is 0.480. The lowest BCUT2D eigenvalue weighted by molar-refractivity contribution is 0.117. The maximum Gasteiger partial charge on any atom is 0.201 e. The van der Waals surface area contributed by atoms with Crippen LogP contribution in [0.5, 0.6) is 0 Å². The molecule has 4 aliphatic rings. The van der Waals surface area contributed by atoms with E-state index in [0.717, 1.165) is 75.1 Å². The van der Waals surface area contributed by atoms with E-state index >= 15 is 0 Å². The predicted molar refractivity (Wildman–Crippen MR) is 126 cm³/mol. The summed E-state index contributed by atoms with van der Waals surface area (Å²) in [5.74, 6) is 2.50. The predicted octanol–water partition coefficient (Wildman–Crippen LogP) is 4.08. The highest BCUT2D eigenvalue weighted by Crippen LogP contribution is 2.33. The average molecular weight is 404 g/mol. The molecular weight excluding hydrogens is 370 g/mol. The van der Waals surface area contributed by atoms with Gasteiger partial charge in [-0.3, -0.25) is 0 Å². The van der Waals surface area contributed by atoms with Crippen molar-refractivity contribution in [3.05, 3.63) is 47.8 Å². The van der Waals surface area contributed by atoms with Gasteiger partial charge in [0.05, 0.1) is 5.69 Å². The summed E-state index contributed by atoms with van der Waals surface area (Å²) >= 11 is 0. The zero-order valence-electron chi connectivity index (χ0n) is 18.0. The van der Waals surface area contributed by atoms with Crippen molar-refractivity contribution in [2.45, 2.75) is 25.7 Å². The van der Waals surface area contributed by atoms with Crippen molar-refractivity contribution < 1.29 is 0 Å². The second-order valence-corrected chi connectivity index (χ2v) is 8.69. The molecule has 0 amide bonds. The third-order valence-electron chi connectivity index (χ3n) is 6.85. The van der Waals surface area contributed by atoms with Gasteiger partial charge in [0.15, 0.2) is 0 Å². The molecule has 30 heavy (non-hydrogen) atoms. The van der Waals surface area contributed by atoms with Crippen LogP contribution in [-0.4, -0.2) is 77.9 Å². The Morgan fingerprint density at radius 1 is 0.700 bits per heavy atom. The average Bonchev–Trinajstić information content (AvgIpc) is 2.56. The van der Waals surface area contributed by atoms with Crippen molar-refractivity contribution in [1.29, 1.82) is 0 Å². The van der Waals surface area contributed by atoms with Gasteiger partial charge in [-0.1, -0.05) is 31.4 Å². The number of rotatable bonds is 6. The standard InChI is InChI=1S/C25H33N5/c1-3-21-20(19-24(27-11-5-12-27)28-13-6-14-28)9-10-23(22(21)4-2)26-25(29-15-7-16-29)30-17-8-18-30/h3-4,9-10,19H,1-2,5-8,11-18H2. The molecule has 0 N–H and O–H groups in total. The fourth-order valence-corrected chi connectivity index (χ4v) is 4.40. The third-order valence-corrected chi connectivity index (χ3v) is 6.85. The molecule has 0 spiro atoms. The smallest absolute Gasteiger partial charge is 0.201 e. The van der Waals surface area contributed by atoms with Crippen LogP contribution in [0.25, 0.3) is 18.2 Å². The van der Waals surface area contributed by atoms with Gasteiger partial charge in [0.1, 0.15) is 5.82 Å². The minimum Gasteiger partial charge on any atom is -0.358 e. The first-order valence-electron chi connectivity index (χ1n) is 11.5. The summed E-state index contributed by atoms with van der Waals surface area (Å²) in [5.41, 5.74) is 4.43. The molecule has 0 bridgehead atoms. The maximum absolute atomic E-state index is 5.14. The molecule has 0 saturated carbocycles. The summed E-state index contributed by atoms with van der Waals surface area (Å²) in [6, 6.07) is 4.38. The highest BCUT2D eigenvalue weighted by atomic mass is 15.4. The van der Waals surface area contributed by atoms with Crippen LogP contribution in [0.4, 0.5) is 5.69 Å². The monoisotopic (exact) mass is 403 g/mol. The number of likely N-dealkylation sites (tertiary alicyclic amines) is 4. The topological polar surface area (TPSA) is 25.3 Å². The molecule has 5 nitrogen and oxygen atoms in total. The van der Waals surface area contributed by atoms with Crippen LogP contribution in [0.15, 0.2) is 36.1 Å². The van der Waals surface area contributed by atoms with Gasteiger partial charge in [0, 0.05) is 57.9 Å². The maximum atomic E-state index is 5.14. The Labute approximate surface area is 180 Å². The highest BCUT2D eigenvalue weighted by Gasteiger charge is 2.28. The van der Waals surface area contributed by atoms with Crippen LogP contribution in [0, 0.1) is 0 Å². The summed E-state index contributed by atoms with van der Waals surface area (Å²) < 4.78 is 0. The van der Waals surface area contributed by atoms with Gasteiger partial charge in [-0.25, -0.2) is 4.99 Å². The van der Waals surface area contributed by atoms with Gasteiger partial charge in [0.25, 0.3) is 0 Å². The van der Waals surface area contributed by atoms with Crippen molar-refractivity contribution in [3.63, 3.8) is 0 Å². The Bertz CT molecular complexity index is 778. The van der Waals surface area contributed by atoms with E-state index in [-0.39, 0.29) is 0 Å². The van der Waals surface area contributed by atoms with Gasteiger partial charge < -0.3 is 19.6 Å². The summed E-state index contributed by atoms with van der Waals surface area (Å²) in [6.07, 6.45) is 11.4.